The summed E-state index contributed by atoms with van der Waals surface area (Å²) in [5.41, 5.74) is 0. The molecule has 0 spiro atoms. The average molecular weight is 262 g/mol. The van der Waals surface area contributed by atoms with Crippen LogP contribution < -0.4 is 9.13 Å². The third kappa shape index (κ3) is 2.72. The average Bonchev–Trinajstić information content (AvgIpc) is 2.91. The molecule has 104 valence electrons. The third-order valence-electron chi connectivity index (χ3n) is 3.57. The topological polar surface area (TPSA) is 17.6 Å². The molecule has 0 fully saturated rings. The molecule has 0 aliphatic rings. The highest BCUT2D eigenvalue weighted by molar-refractivity contribution is 5.36. The van der Waals surface area contributed by atoms with E-state index in [2.05, 4.69) is 71.0 Å². The van der Waals surface area contributed by atoms with Gasteiger partial charge >= 0.3 is 11.6 Å². The largest absolute Gasteiger partial charge is 0.373 e. The second-order valence-electron chi connectivity index (χ2n) is 5.21. The summed E-state index contributed by atoms with van der Waals surface area (Å²) in [5.74, 6) is 2.57. The van der Waals surface area contributed by atoms with E-state index >= 15 is 0 Å². The molecular weight excluding hydrogens is 236 g/mol. The first-order valence-corrected chi connectivity index (χ1v) is 7.28. The Morgan fingerprint density at radius 2 is 1.37 bits per heavy atom. The highest BCUT2D eigenvalue weighted by atomic mass is 15.2. The molecule has 4 heteroatoms. The van der Waals surface area contributed by atoms with Crippen LogP contribution in [0.25, 0.3) is 11.6 Å². The van der Waals surface area contributed by atoms with Gasteiger partial charge in [-0.25, -0.2) is 18.3 Å². The molecule has 0 bridgehead atoms. The maximum absolute atomic E-state index is 2.37. The molecule has 4 nitrogen and oxygen atoms in total. The Morgan fingerprint density at radius 1 is 0.842 bits per heavy atom. The molecule has 0 unspecified atom stereocenters. The van der Waals surface area contributed by atoms with Gasteiger partial charge in [0.05, 0.1) is 27.2 Å². The number of unbranched alkanes of at least 4 members (excludes halogenated alkanes) is 1. The Bertz CT molecular complexity index is 536. The van der Waals surface area contributed by atoms with Gasteiger partial charge in [0.1, 0.15) is 24.8 Å². The second kappa shape index (κ2) is 6.04. The summed E-state index contributed by atoms with van der Waals surface area (Å²) in [6, 6.07) is 0. The van der Waals surface area contributed by atoms with Crippen molar-refractivity contribution in [3.63, 3.8) is 0 Å². The maximum Gasteiger partial charge on any atom is 0.373 e. The van der Waals surface area contributed by atoms with Gasteiger partial charge in [0.25, 0.3) is 0 Å². The van der Waals surface area contributed by atoms with Crippen LogP contribution in [0.4, 0.5) is 0 Å². The van der Waals surface area contributed by atoms with Gasteiger partial charge in [0.15, 0.2) is 0 Å². The Balaban J connectivity index is 2.45. The lowest BCUT2D eigenvalue weighted by Crippen LogP contribution is -2.38. The van der Waals surface area contributed by atoms with Gasteiger partial charge in [-0.15, -0.1) is 0 Å². The number of hydrogen-bond donors (Lipinski definition) is 0. The van der Waals surface area contributed by atoms with E-state index in [1.54, 1.807) is 0 Å². The molecular formula is C15H26N4+2. The second-order valence-corrected chi connectivity index (χ2v) is 5.21. The van der Waals surface area contributed by atoms with Crippen molar-refractivity contribution in [3.05, 3.63) is 24.8 Å². The van der Waals surface area contributed by atoms with E-state index < -0.39 is 0 Å². The first-order valence-electron chi connectivity index (χ1n) is 7.28. The molecule has 19 heavy (non-hydrogen) atoms. The molecule has 2 heterocycles. The zero-order valence-electron chi connectivity index (χ0n) is 12.6. The normalized spacial score (nSPS) is 11.2. The van der Waals surface area contributed by atoms with Crippen LogP contribution in [-0.2, 0) is 27.2 Å². The molecule has 0 saturated heterocycles. The lowest BCUT2D eigenvalue weighted by Gasteiger charge is -2.02. The molecule has 0 amide bonds. The summed E-state index contributed by atoms with van der Waals surface area (Å²) in [7, 11) is 4.25. The van der Waals surface area contributed by atoms with E-state index in [0.29, 0.717) is 0 Å². The van der Waals surface area contributed by atoms with Crippen molar-refractivity contribution < 1.29 is 9.13 Å². The summed E-state index contributed by atoms with van der Waals surface area (Å²) in [4.78, 5) is 0. The fourth-order valence-corrected chi connectivity index (χ4v) is 2.55. The quantitative estimate of drug-likeness (QED) is 0.707. The molecule has 0 aliphatic heterocycles. The van der Waals surface area contributed by atoms with Crippen molar-refractivity contribution in [2.45, 2.75) is 46.2 Å². The van der Waals surface area contributed by atoms with Crippen molar-refractivity contribution in [1.29, 1.82) is 0 Å². The predicted octanol–water partition coefficient (Wildman–Crippen LogP) is 1.82. The van der Waals surface area contributed by atoms with Crippen LogP contribution in [-0.4, -0.2) is 9.13 Å². The summed E-state index contributed by atoms with van der Waals surface area (Å²) in [6.07, 6.45) is 12.3. The fraction of sp³-hybridized carbons (Fsp3) is 0.600. The molecule has 2 aromatic rings. The molecule has 0 aliphatic carbocycles. The SMILES string of the molecule is CCCCn1cc[n+](C)c1-c1n(CCC)cc[n+]1C. The number of rotatable bonds is 6. The van der Waals surface area contributed by atoms with Crippen molar-refractivity contribution in [2.75, 3.05) is 0 Å². The van der Waals surface area contributed by atoms with Gasteiger partial charge in [-0.2, -0.15) is 0 Å². The Kier molecular flexibility index (Phi) is 4.40. The molecule has 0 saturated carbocycles. The first kappa shape index (κ1) is 13.8. The minimum Gasteiger partial charge on any atom is -0.226 e. The zero-order chi connectivity index (χ0) is 13.8. The van der Waals surface area contributed by atoms with E-state index in [0.717, 1.165) is 19.5 Å². The van der Waals surface area contributed by atoms with Gasteiger partial charge in [-0.05, 0) is 12.8 Å². The molecule has 0 radical (unpaired) electrons. The number of nitrogens with zero attached hydrogens (tertiary/aromatic N) is 4. The summed E-state index contributed by atoms with van der Waals surface area (Å²) >= 11 is 0. The van der Waals surface area contributed by atoms with Crippen LogP contribution in [0, 0.1) is 0 Å². The Labute approximate surface area is 115 Å². The summed E-state index contributed by atoms with van der Waals surface area (Å²) in [5, 5.41) is 0. The van der Waals surface area contributed by atoms with E-state index in [9.17, 15) is 0 Å². The van der Waals surface area contributed by atoms with Gasteiger partial charge in [-0.1, -0.05) is 20.3 Å². The molecule has 0 aromatic carbocycles. The van der Waals surface area contributed by atoms with Gasteiger partial charge in [0, 0.05) is 0 Å². The van der Waals surface area contributed by atoms with Crippen LogP contribution in [0.3, 0.4) is 0 Å². The fourth-order valence-electron chi connectivity index (χ4n) is 2.55. The Morgan fingerprint density at radius 3 is 1.84 bits per heavy atom. The Hall–Kier alpha value is -1.58. The molecule has 0 N–H and O–H groups in total. The standard InChI is InChI=1S/C15H26N4/c1-5-7-9-19-13-11-17(4)15(19)14-16(3)10-12-18(14)8-6-2/h10-13H,5-9H2,1-4H3/q+2. The molecule has 0 atom stereocenters. The number of aryl methyl sites for hydroxylation is 4. The molecule has 2 rings (SSSR count). The zero-order valence-corrected chi connectivity index (χ0v) is 12.6. The van der Waals surface area contributed by atoms with Crippen LogP contribution in [0.2, 0.25) is 0 Å². The van der Waals surface area contributed by atoms with Crippen LogP contribution in [0.5, 0.6) is 0 Å². The monoisotopic (exact) mass is 262 g/mol. The predicted molar refractivity (Wildman–Crippen MR) is 75.4 cm³/mol. The van der Waals surface area contributed by atoms with Gasteiger partial charge < -0.3 is 0 Å². The van der Waals surface area contributed by atoms with Crippen molar-refractivity contribution >= 4 is 0 Å². The third-order valence-corrected chi connectivity index (χ3v) is 3.57. The first-order chi connectivity index (χ1) is 9.19. The van der Waals surface area contributed by atoms with E-state index in [1.165, 1.54) is 24.5 Å². The van der Waals surface area contributed by atoms with Crippen LogP contribution >= 0.6 is 0 Å². The minimum atomic E-state index is 1.06. The molecule has 2 aromatic heterocycles. The van der Waals surface area contributed by atoms with E-state index in [4.69, 9.17) is 0 Å². The maximum atomic E-state index is 2.37. The van der Waals surface area contributed by atoms with Gasteiger partial charge in [0.2, 0.25) is 0 Å². The number of hydrogen-bond acceptors (Lipinski definition) is 0. The lowest BCUT2D eigenvalue weighted by atomic mass is 10.3. The van der Waals surface area contributed by atoms with Crippen molar-refractivity contribution in [3.8, 4) is 11.6 Å². The summed E-state index contributed by atoms with van der Waals surface area (Å²) < 4.78 is 9.15. The lowest BCUT2D eigenvalue weighted by molar-refractivity contribution is -0.690. The number of imidazole rings is 2. The highest BCUT2D eigenvalue weighted by Gasteiger charge is 2.29. The van der Waals surface area contributed by atoms with Crippen LogP contribution in [0.15, 0.2) is 24.8 Å². The minimum absolute atomic E-state index is 1.06. The summed E-state index contributed by atoms with van der Waals surface area (Å²) in [6.45, 7) is 6.61. The van der Waals surface area contributed by atoms with Gasteiger partial charge in [-0.3, -0.25) is 0 Å². The number of aromatic nitrogens is 4. The highest BCUT2D eigenvalue weighted by Crippen LogP contribution is 2.13. The van der Waals surface area contributed by atoms with E-state index in [-0.39, 0.29) is 0 Å². The van der Waals surface area contributed by atoms with E-state index in [1.807, 2.05) is 0 Å². The van der Waals surface area contributed by atoms with Crippen molar-refractivity contribution in [2.24, 2.45) is 14.1 Å². The smallest absolute Gasteiger partial charge is 0.226 e. The van der Waals surface area contributed by atoms with Crippen molar-refractivity contribution in [1.82, 2.24) is 9.13 Å². The van der Waals surface area contributed by atoms with Crippen LogP contribution in [0.1, 0.15) is 33.1 Å².